The van der Waals surface area contributed by atoms with Gasteiger partial charge in [0.1, 0.15) is 11.5 Å². The number of amides is 3. The molecule has 9 nitrogen and oxygen atoms in total. The summed E-state index contributed by atoms with van der Waals surface area (Å²) in [4.78, 5) is 36.4. The summed E-state index contributed by atoms with van der Waals surface area (Å²) in [5.41, 5.74) is 3.39. The fourth-order valence-corrected chi connectivity index (χ4v) is 3.20. The van der Waals surface area contributed by atoms with Gasteiger partial charge in [-0.25, -0.2) is 5.43 Å². The highest BCUT2D eigenvalue weighted by Crippen LogP contribution is 2.29. The van der Waals surface area contributed by atoms with Crippen molar-refractivity contribution in [2.75, 3.05) is 23.8 Å². The molecule has 36 heavy (non-hydrogen) atoms. The molecule has 3 N–H and O–H groups in total. The van der Waals surface area contributed by atoms with E-state index in [9.17, 15) is 14.4 Å². The van der Waals surface area contributed by atoms with Crippen LogP contribution in [0.3, 0.4) is 0 Å². The van der Waals surface area contributed by atoms with Crippen molar-refractivity contribution < 1.29 is 23.9 Å². The van der Waals surface area contributed by atoms with Gasteiger partial charge < -0.3 is 20.1 Å². The number of rotatable bonds is 9. The fraction of sp³-hybridized carbons (Fsp3) is 0.120. The summed E-state index contributed by atoms with van der Waals surface area (Å²) < 4.78 is 11.0. The van der Waals surface area contributed by atoms with Crippen LogP contribution in [-0.2, 0) is 14.4 Å². The van der Waals surface area contributed by atoms with Crippen molar-refractivity contribution in [2.45, 2.75) is 6.92 Å². The SMILES string of the molecule is CCOc1ccc(NC(=O)COc2ccccc2/C=N\NC(=O)C(=O)Nc2cccc(Cl)c2Cl)cc1. The van der Waals surface area contributed by atoms with E-state index in [-0.39, 0.29) is 28.2 Å². The van der Waals surface area contributed by atoms with Gasteiger partial charge in [-0.1, -0.05) is 41.4 Å². The Hall–Kier alpha value is -4.08. The van der Waals surface area contributed by atoms with Crippen LogP contribution in [0.5, 0.6) is 11.5 Å². The molecular weight excluding hydrogens is 507 g/mol. The number of ether oxygens (including phenoxy) is 2. The molecule has 0 saturated heterocycles. The van der Waals surface area contributed by atoms with E-state index in [1.807, 2.05) is 6.92 Å². The number of hydrogen-bond acceptors (Lipinski definition) is 6. The molecule has 0 spiro atoms. The zero-order valence-corrected chi connectivity index (χ0v) is 20.6. The van der Waals surface area contributed by atoms with E-state index in [0.29, 0.717) is 29.4 Å². The second kappa shape index (κ2) is 13.1. The summed E-state index contributed by atoms with van der Waals surface area (Å²) >= 11 is 11.9. The normalized spacial score (nSPS) is 10.5. The van der Waals surface area contributed by atoms with Crippen LogP contribution in [0.15, 0.2) is 71.8 Å². The number of carbonyl (C=O) groups excluding carboxylic acids is 3. The molecule has 3 aromatic carbocycles. The Labute approximate surface area is 217 Å². The van der Waals surface area contributed by atoms with E-state index in [1.54, 1.807) is 60.7 Å². The first-order valence-corrected chi connectivity index (χ1v) is 11.5. The minimum Gasteiger partial charge on any atom is -0.494 e. The van der Waals surface area contributed by atoms with Crippen molar-refractivity contribution in [1.82, 2.24) is 5.43 Å². The lowest BCUT2D eigenvalue weighted by molar-refractivity contribution is -0.136. The fourth-order valence-electron chi connectivity index (χ4n) is 2.85. The molecule has 0 bridgehead atoms. The molecular formula is C25H22Cl2N4O5. The third-order valence-electron chi connectivity index (χ3n) is 4.50. The van der Waals surface area contributed by atoms with Gasteiger partial charge in [0, 0.05) is 11.3 Å². The molecule has 186 valence electrons. The maximum Gasteiger partial charge on any atom is 0.329 e. The monoisotopic (exact) mass is 528 g/mol. The number of halogens is 2. The summed E-state index contributed by atoms with van der Waals surface area (Å²) in [5, 5.41) is 9.21. The molecule has 0 fully saturated rings. The van der Waals surface area contributed by atoms with Crippen LogP contribution in [0, 0.1) is 0 Å². The summed E-state index contributed by atoms with van der Waals surface area (Å²) in [6.45, 7) is 2.18. The van der Waals surface area contributed by atoms with Crippen molar-refractivity contribution in [3.05, 3.63) is 82.3 Å². The molecule has 0 atom stereocenters. The lowest BCUT2D eigenvalue weighted by atomic mass is 10.2. The topological polar surface area (TPSA) is 118 Å². The number of para-hydroxylation sites is 1. The summed E-state index contributed by atoms with van der Waals surface area (Å²) in [6.07, 6.45) is 1.29. The smallest absolute Gasteiger partial charge is 0.329 e. The molecule has 0 aromatic heterocycles. The second-order valence-corrected chi connectivity index (χ2v) is 7.87. The Morgan fingerprint density at radius 3 is 2.39 bits per heavy atom. The van der Waals surface area contributed by atoms with Crippen molar-refractivity contribution in [2.24, 2.45) is 5.10 Å². The predicted molar refractivity (Wildman–Crippen MR) is 139 cm³/mol. The molecule has 3 aromatic rings. The number of carbonyl (C=O) groups is 3. The van der Waals surface area contributed by atoms with Crippen LogP contribution < -0.4 is 25.5 Å². The number of hydrogen-bond donors (Lipinski definition) is 3. The molecule has 0 unspecified atom stereocenters. The van der Waals surface area contributed by atoms with Crippen molar-refractivity contribution >= 4 is 58.5 Å². The van der Waals surface area contributed by atoms with Gasteiger partial charge in [-0.15, -0.1) is 0 Å². The zero-order valence-electron chi connectivity index (χ0n) is 19.1. The van der Waals surface area contributed by atoms with Crippen LogP contribution in [0.1, 0.15) is 12.5 Å². The molecule has 0 heterocycles. The Morgan fingerprint density at radius 1 is 0.889 bits per heavy atom. The van der Waals surface area contributed by atoms with Crippen LogP contribution in [-0.4, -0.2) is 37.1 Å². The van der Waals surface area contributed by atoms with Gasteiger partial charge in [0.05, 0.1) is 28.6 Å². The highest BCUT2D eigenvalue weighted by atomic mass is 35.5. The number of nitrogens with zero attached hydrogens (tertiary/aromatic N) is 1. The van der Waals surface area contributed by atoms with E-state index >= 15 is 0 Å². The first-order chi connectivity index (χ1) is 17.4. The maximum atomic E-state index is 12.3. The molecule has 0 aliphatic carbocycles. The number of nitrogens with one attached hydrogen (secondary N) is 3. The van der Waals surface area contributed by atoms with Gasteiger partial charge in [-0.3, -0.25) is 14.4 Å². The van der Waals surface area contributed by atoms with Crippen LogP contribution in [0.4, 0.5) is 11.4 Å². The minimum atomic E-state index is -1.02. The zero-order chi connectivity index (χ0) is 25.9. The van der Waals surface area contributed by atoms with Gasteiger partial charge in [-0.05, 0) is 55.5 Å². The lowest BCUT2D eigenvalue weighted by Gasteiger charge is -2.10. The Balaban J connectivity index is 1.52. The molecule has 11 heteroatoms. The molecule has 0 saturated carbocycles. The van der Waals surface area contributed by atoms with E-state index < -0.39 is 11.8 Å². The van der Waals surface area contributed by atoms with E-state index in [2.05, 4.69) is 21.2 Å². The van der Waals surface area contributed by atoms with Gasteiger partial charge >= 0.3 is 11.8 Å². The van der Waals surface area contributed by atoms with Crippen LogP contribution >= 0.6 is 23.2 Å². The Kier molecular flexibility index (Phi) is 9.67. The van der Waals surface area contributed by atoms with Crippen molar-refractivity contribution in [3.8, 4) is 11.5 Å². The molecule has 0 aliphatic rings. The first kappa shape index (κ1) is 26.5. The maximum absolute atomic E-state index is 12.3. The largest absolute Gasteiger partial charge is 0.494 e. The van der Waals surface area contributed by atoms with Crippen LogP contribution in [0.2, 0.25) is 10.0 Å². The average Bonchev–Trinajstić information content (AvgIpc) is 2.87. The van der Waals surface area contributed by atoms with Gasteiger partial charge in [0.15, 0.2) is 6.61 Å². The van der Waals surface area contributed by atoms with E-state index in [1.165, 1.54) is 12.3 Å². The second-order valence-electron chi connectivity index (χ2n) is 7.09. The Bertz CT molecular complexity index is 1270. The van der Waals surface area contributed by atoms with Gasteiger partial charge in [-0.2, -0.15) is 5.10 Å². The minimum absolute atomic E-state index is 0.112. The number of benzene rings is 3. The van der Waals surface area contributed by atoms with E-state index in [0.717, 1.165) is 0 Å². The summed E-state index contributed by atoms with van der Waals surface area (Å²) in [6, 6.07) is 18.3. The van der Waals surface area contributed by atoms with E-state index in [4.69, 9.17) is 32.7 Å². The first-order valence-electron chi connectivity index (χ1n) is 10.7. The average molecular weight is 529 g/mol. The van der Waals surface area contributed by atoms with Crippen LogP contribution in [0.25, 0.3) is 0 Å². The summed E-state index contributed by atoms with van der Waals surface area (Å²) in [5.74, 6) is -1.30. The molecule has 3 amide bonds. The highest BCUT2D eigenvalue weighted by molar-refractivity contribution is 6.45. The quantitative estimate of drug-likeness (QED) is 0.214. The lowest BCUT2D eigenvalue weighted by Crippen LogP contribution is -2.32. The van der Waals surface area contributed by atoms with Crippen molar-refractivity contribution in [1.29, 1.82) is 0 Å². The molecule has 0 aliphatic heterocycles. The Morgan fingerprint density at radius 2 is 1.64 bits per heavy atom. The van der Waals surface area contributed by atoms with Gasteiger partial charge in [0.25, 0.3) is 5.91 Å². The summed E-state index contributed by atoms with van der Waals surface area (Å²) in [7, 11) is 0. The third-order valence-corrected chi connectivity index (χ3v) is 5.32. The number of anilines is 2. The van der Waals surface area contributed by atoms with Crippen molar-refractivity contribution in [3.63, 3.8) is 0 Å². The number of hydrazone groups is 1. The van der Waals surface area contributed by atoms with Gasteiger partial charge in [0.2, 0.25) is 0 Å². The molecule has 0 radical (unpaired) electrons. The predicted octanol–water partition coefficient (Wildman–Crippen LogP) is 4.50. The highest BCUT2D eigenvalue weighted by Gasteiger charge is 2.15. The molecule has 3 rings (SSSR count). The third kappa shape index (κ3) is 7.72. The standard InChI is InChI=1S/C25H22Cl2N4O5/c1-2-35-18-12-10-17(11-13-18)29-22(32)15-36-21-9-4-3-6-16(21)14-28-31-25(34)24(33)30-20-8-5-7-19(26)23(20)27/h3-14H,2,15H2,1H3,(H,29,32)(H,30,33)(H,31,34)/b28-14-.